The van der Waals surface area contributed by atoms with Crippen molar-refractivity contribution in [2.24, 2.45) is 5.73 Å². The third-order valence-corrected chi connectivity index (χ3v) is 6.54. The van der Waals surface area contributed by atoms with Gasteiger partial charge in [0.1, 0.15) is 18.1 Å². The van der Waals surface area contributed by atoms with Crippen LogP contribution in [0, 0.1) is 0 Å². The number of carboxylic acids is 2. The summed E-state index contributed by atoms with van der Waals surface area (Å²) in [5.74, 6) is -5.77. The number of fused-ring (bicyclic) bond motifs is 1. The Labute approximate surface area is 240 Å². The van der Waals surface area contributed by atoms with Crippen molar-refractivity contribution in [2.75, 3.05) is 18.1 Å². The summed E-state index contributed by atoms with van der Waals surface area (Å²) in [5, 5.41) is 28.2. The molecule has 0 spiro atoms. The van der Waals surface area contributed by atoms with E-state index in [0.29, 0.717) is 0 Å². The van der Waals surface area contributed by atoms with Gasteiger partial charge in [-0.1, -0.05) is 18.2 Å². The number of benzene rings is 1. The molecule has 0 saturated carbocycles. The van der Waals surface area contributed by atoms with Crippen LogP contribution >= 0.6 is 25.3 Å². The number of nitrogens with one attached hydrogen (secondary N) is 5. The smallest absolute Gasteiger partial charge is 0.326 e. The van der Waals surface area contributed by atoms with Crippen molar-refractivity contribution < 1.29 is 39.0 Å². The van der Waals surface area contributed by atoms with E-state index in [1.54, 1.807) is 6.20 Å². The minimum Gasteiger partial charge on any atom is -0.481 e. The first-order valence-corrected chi connectivity index (χ1v) is 13.4. The number of nitrogens with two attached hydrogens (primary N) is 1. The topological polar surface area (TPSA) is 233 Å². The molecule has 0 aliphatic carbocycles. The van der Waals surface area contributed by atoms with Crippen LogP contribution in [0.25, 0.3) is 10.9 Å². The number of carboxylic acid groups (broad SMARTS) is 2. The van der Waals surface area contributed by atoms with Crippen LogP contribution in [0.5, 0.6) is 0 Å². The van der Waals surface area contributed by atoms with E-state index in [2.05, 4.69) is 51.5 Å². The van der Waals surface area contributed by atoms with Crippen LogP contribution in [-0.4, -0.2) is 93.0 Å². The summed E-state index contributed by atoms with van der Waals surface area (Å²) in [7, 11) is 0. The Morgan fingerprint density at radius 1 is 0.875 bits per heavy atom. The quantitative estimate of drug-likeness (QED) is 0.101. The summed E-state index contributed by atoms with van der Waals surface area (Å²) in [6.45, 7) is -0.637. The number of carbonyl (C=O) groups is 6. The van der Waals surface area contributed by atoms with Crippen molar-refractivity contribution in [3.8, 4) is 0 Å². The van der Waals surface area contributed by atoms with Crippen molar-refractivity contribution >= 4 is 71.7 Å². The average Bonchev–Trinajstić information content (AvgIpc) is 3.33. The van der Waals surface area contributed by atoms with Gasteiger partial charge in [0.15, 0.2) is 0 Å². The highest BCUT2D eigenvalue weighted by Crippen LogP contribution is 2.19. The lowest BCUT2D eigenvalue weighted by Gasteiger charge is -2.23. The summed E-state index contributed by atoms with van der Waals surface area (Å²) >= 11 is 8.11. The molecule has 40 heavy (non-hydrogen) atoms. The molecule has 1 aromatic heterocycles. The van der Waals surface area contributed by atoms with E-state index < -0.39 is 72.7 Å². The molecule has 9 N–H and O–H groups in total. The molecular weight excluding hydrogens is 564 g/mol. The highest BCUT2D eigenvalue weighted by Gasteiger charge is 2.29. The van der Waals surface area contributed by atoms with Crippen LogP contribution in [0.4, 0.5) is 0 Å². The van der Waals surface area contributed by atoms with Gasteiger partial charge in [-0.3, -0.25) is 24.0 Å². The SMILES string of the molecule is N[C@@H](CS)C(=O)N[C@@H](Cc1c[nH]c2ccccc12)C(=O)N[C@@H](CS)C(=O)NCC(=O)N[C@@H](CCC(=O)O)C(=O)O. The number of H-pyrrole nitrogens is 1. The fraction of sp³-hybridized carbons (Fsp3) is 0.417. The van der Waals surface area contributed by atoms with Crippen molar-refractivity contribution in [1.82, 2.24) is 26.3 Å². The average molecular weight is 597 g/mol. The second-order valence-corrected chi connectivity index (χ2v) is 9.50. The second-order valence-electron chi connectivity index (χ2n) is 8.77. The minimum atomic E-state index is -1.46. The zero-order valence-electron chi connectivity index (χ0n) is 21.3. The molecule has 4 atom stereocenters. The van der Waals surface area contributed by atoms with Gasteiger partial charge in [-0.05, 0) is 18.1 Å². The van der Waals surface area contributed by atoms with Gasteiger partial charge in [-0.15, -0.1) is 0 Å². The maximum Gasteiger partial charge on any atom is 0.326 e. The van der Waals surface area contributed by atoms with Gasteiger partial charge in [0.25, 0.3) is 0 Å². The molecule has 0 radical (unpaired) electrons. The number of para-hydroxylation sites is 1. The second kappa shape index (κ2) is 15.7. The fourth-order valence-electron chi connectivity index (χ4n) is 3.62. The molecule has 0 saturated heterocycles. The van der Waals surface area contributed by atoms with E-state index in [4.69, 9.17) is 15.9 Å². The predicted octanol–water partition coefficient (Wildman–Crippen LogP) is -1.58. The summed E-state index contributed by atoms with van der Waals surface area (Å²) in [5.41, 5.74) is 7.31. The third kappa shape index (κ3) is 9.77. The molecule has 0 fully saturated rings. The summed E-state index contributed by atoms with van der Waals surface area (Å²) < 4.78 is 0. The monoisotopic (exact) mass is 596 g/mol. The van der Waals surface area contributed by atoms with E-state index in [0.717, 1.165) is 16.5 Å². The van der Waals surface area contributed by atoms with Crippen LogP contribution in [-0.2, 0) is 35.2 Å². The van der Waals surface area contributed by atoms with Gasteiger partial charge >= 0.3 is 11.9 Å². The third-order valence-electron chi connectivity index (χ3n) is 5.78. The number of amides is 4. The molecule has 2 rings (SSSR count). The van der Waals surface area contributed by atoms with Gasteiger partial charge in [0.05, 0.1) is 12.6 Å². The molecule has 0 aliphatic heterocycles. The normalized spacial score (nSPS) is 13.9. The molecule has 14 nitrogen and oxygen atoms in total. The van der Waals surface area contributed by atoms with Crippen LogP contribution in [0.2, 0.25) is 0 Å². The highest BCUT2D eigenvalue weighted by molar-refractivity contribution is 7.80. The number of rotatable bonds is 16. The Bertz CT molecular complexity index is 1240. The zero-order valence-corrected chi connectivity index (χ0v) is 23.0. The molecular formula is C24H32N6O8S2. The van der Waals surface area contributed by atoms with Crippen LogP contribution < -0.4 is 27.0 Å². The molecule has 0 bridgehead atoms. The van der Waals surface area contributed by atoms with Gasteiger partial charge in [-0.25, -0.2) is 4.79 Å². The number of hydrogen-bond acceptors (Lipinski definition) is 9. The molecule has 2 aromatic rings. The van der Waals surface area contributed by atoms with Crippen LogP contribution in [0.1, 0.15) is 18.4 Å². The van der Waals surface area contributed by atoms with Crippen molar-refractivity contribution in [2.45, 2.75) is 43.4 Å². The van der Waals surface area contributed by atoms with E-state index in [1.165, 1.54) is 0 Å². The highest BCUT2D eigenvalue weighted by atomic mass is 32.1. The Morgan fingerprint density at radius 2 is 1.55 bits per heavy atom. The lowest BCUT2D eigenvalue weighted by molar-refractivity contribution is -0.143. The van der Waals surface area contributed by atoms with Gasteiger partial charge < -0.3 is 42.2 Å². The van der Waals surface area contributed by atoms with Crippen LogP contribution in [0.15, 0.2) is 30.5 Å². The first-order chi connectivity index (χ1) is 19.0. The minimum absolute atomic E-state index is 0.0377. The summed E-state index contributed by atoms with van der Waals surface area (Å²) in [4.78, 5) is 75.5. The maximum atomic E-state index is 13.2. The molecule has 16 heteroatoms. The van der Waals surface area contributed by atoms with Crippen molar-refractivity contribution in [1.29, 1.82) is 0 Å². The van der Waals surface area contributed by atoms with Gasteiger partial charge in [0, 0.05) is 41.4 Å². The number of aromatic nitrogens is 1. The molecule has 4 amide bonds. The predicted molar refractivity (Wildman–Crippen MR) is 151 cm³/mol. The van der Waals surface area contributed by atoms with Crippen LogP contribution in [0.3, 0.4) is 0 Å². The number of aliphatic carboxylic acids is 2. The first-order valence-electron chi connectivity index (χ1n) is 12.1. The Hall–Kier alpha value is -3.76. The molecule has 218 valence electrons. The van der Waals surface area contributed by atoms with Crippen molar-refractivity contribution in [3.05, 3.63) is 36.0 Å². The number of aromatic amines is 1. The number of carbonyl (C=O) groups excluding carboxylic acids is 4. The lowest BCUT2D eigenvalue weighted by Crippen LogP contribution is -2.57. The largest absolute Gasteiger partial charge is 0.481 e. The first kappa shape index (κ1) is 32.5. The van der Waals surface area contributed by atoms with Gasteiger partial charge in [0.2, 0.25) is 23.6 Å². The zero-order chi connectivity index (χ0) is 29.8. The van der Waals surface area contributed by atoms with E-state index >= 15 is 0 Å². The fourth-order valence-corrected chi connectivity index (χ4v) is 4.04. The van der Waals surface area contributed by atoms with Crippen molar-refractivity contribution in [3.63, 3.8) is 0 Å². The van der Waals surface area contributed by atoms with E-state index in [1.807, 2.05) is 24.3 Å². The molecule has 1 aromatic carbocycles. The standard InChI is InChI=1S/C24H32N6O8S2/c25-14(10-39)21(34)29-17(7-12-8-26-15-4-2-1-3-13(12)15)23(36)30-18(11-40)22(35)27-9-19(31)28-16(24(37)38)5-6-20(32)33/h1-4,8,14,16-18,26,39-40H,5-7,9-11,25H2,(H,27,35)(H,28,31)(H,29,34)(H,30,36)(H,32,33)(H,37,38)/t14-,16-,17-,18-/m0/s1. The van der Waals surface area contributed by atoms with E-state index in [9.17, 15) is 28.8 Å². The Kier molecular flexibility index (Phi) is 12.8. The maximum absolute atomic E-state index is 13.2. The number of hydrogen-bond donors (Lipinski definition) is 10. The Morgan fingerprint density at radius 3 is 2.17 bits per heavy atom. The van der Waals surface area contributed by atoms with E-state index in [-0.39, 0.29) is 24.3 Å². The molecule has 1 heterocycles. The van der Waals surface area contributed by atoms with Gasteiger partial charge in [-0.2, -0.15) is 25.3 Å². The Balaban J connectivity index is 2.06. The molecule has 0 unspecified atom stereocenters. The summed E-state index contributed by atoms with van der Waals surface area (Å²) in [6, 6.07) is 2.59. The lowest BCUT2D eigenvalue weighted by atomic mass is 10.0. The summed E-state index contributed by atoms with van der Waals surface area (Å²) in [6.07, 6.45) is 0.946. The number of thiol groups is 2. The molecule has 0 aliphatic rings.